The van der Waals surface area contributed by atoms with Crippen LogP contribution < -0.4 is 20.1 Å². The lowest BCUT2D eigenvalue weighted by atomic mass is 10.1. The lowest BCUT2D eigenvalue weighted by molar-refractivity contribution is -0.122. The third-order valence-electron chi connectivity index (χ3n) is 4.70. The minimum absolute atomic E-state index is 0.270. The van der Waals surface area contributed by atoms with E-state index in [1.165, 1.54) is 0 Å². The number of nitrogens with zero attached hydrogens (tertiary/aromatic N) is 1. The number of ether oxygens (including phenoxy) is 2. The van der Waals surface area contributed by atoms with E-state index in [0.29, 0.717) is 28.7 Å². The monoisotopic (exact) mass is 453 g/mol. The standard InChI is InChI=1S/C24H24ClN3O4/c1-16(28-24(30)19-5-3-4-6-20(19)25)23(29)27-14-18-7-8-21(22(13-18)31-2)32-15-17-9-11-26-12-10-17/h3-13,16H,14-15H2,1-2H3,(H,27,29)(H,28,30). The third kappa shape index (κ3) is 6.21. The first-order chi connectivity index (χ1) is 15.5. The molecule has 1 heterocycles. The topological polar surface area (TPSA) is 89.6 Å². The van der Waals surface area contributed by atoms with Crippen LogP contribution in [0.5, 0.6) is 11.5 Å². The lowest BCUT2D eigenvalue weighted by Crippen LogP contribution is -2.44. The SMILES string of the molecule is COc1cc(CNC(=O)C(C)NC(=O)c2ccccc2Cl)ccc1OCc1ccncc1. The highest BCUT2D eigenvalue weighted by molar-refractivity contribution is 6.33. The first-order valence-corrected chi connectivity index (χ1v) is 10.4. The number of halogens is 1. The fourth-order valence-corrected chi connectivity index (χ4v) is 3.13. The predicted octanol–water partition coefficient (Wildman–Crippen LogP) is 3.76. The molecule has 1 atom stereocenters. The van der Waals surface area contributed by atoms with E-state index >= 15 is 0 Å². The highest BCUT2D eigenvalue weighted by Crippen LogP contribution is 2.28. The Morgan fingerprint density at radius 3 is 2.50 bits per heavy atom. The molecule has 1 aromatic heterocycles. The Hall–Kier alpha value is -3.58. The van der Waals surface area contributed by atoms with E-state index in [0.717, 1.165) is 11.1 Å². The lowest BCUT2D eigenvalue weighted by Gasteiger charge is -2.16. The van der Waals surface area contributed by atoms with Crippen molar-refractivity contribution in [1.82, 2.24) is 15.6 Å². The van der Waals surface area contributed by atoms with Crippen molar-refractivity contribution in [2.75, 3.05) is 7.11 Å². The molecule has 8 heteroatoms. The Morgan fingerprint density at radius 2 is 1.78 bits per heavy atom. The first kappa shape index (κ1) is 23.1. The van der Waals surface area contributed by atoms with Gasteiger partial charge in [-0.2, -0.15) is 0 Å². The van der Waals surface area contributed by atoms with E-state index in [9.17, 15) is 9.59 Å². The third-order valence-corrected chi connectivity index (χ3v) is 5.03. The minimum Gasteiger partial charge on any atom is -0.493 e. The Kier molecular flexibility index (Phi) is 8.05. The molecule has 3 aromatic rings. The van der Waals surface area contributed by atoms with Gasteiger partial charge in [-0.1, -0.05) is 29.8 Å². The van der Waals surface area contributed by atoms with Crippen molar-refractivity contribution in [1.29, 1.82) is 0 Å². The number of hydrogen-bond donors (Lipinski definition) is 2. The summed E-state index contributed by atoms with van der Waals surface area (Å²) in [5.74, 6) is 0.434. The Labute approximate surface area is 191 Å². The average molecular weight is 454 g/mol. The number of amides is 2. The molecular weight excluding hydrogens is 430 g/mol. The zero-order chi connectivity index (χ0) is 22.9. The van der Waals surface area contributed by atoms with Crippen LogP contribution in [0.15, 0.2) is 67.0 Å². The van der Waals surface area contributed by atoms with Crippen molar-refractivity contribution in [3.05, 3.63) is 88.7 Å². The molecule has 0 bridgehead atoms. The van der Waals surface area contributed by atoms with Gasteiger partial charge in [-0.25, -0.2) is 0 Å². The molecule has 3 rings (SSSR count). The highest BCUT2D eigenvalue weighted by Gasteiger charge is 2.18. The van der Waals surface area contributed by atoms with Gasteiger partial charge in [-0.3, -0.25) is 14.6 Å². The molecule has 1 unspecified atom stereocenters. The molecule has 0 aliphatic rings. The van der Waals surface area contributed by atoms with Crippen LogP contribution in [-0.4, -0.2) is 29.9 Å². The van der Waals surface area contributed by atoms with Crippen LogP contribution in [0.4, 0.5) is 0 Å². The molecule has 2 amide bonds. The van der Waals surface area contributed by atoms with Crippen LogP contribution >= 0.6 is 11.6 Å². The van der Waals surface area contributed by atoms with Gasteiger partial charge in [0.15, 0.2) is 11.5 Å². The summed E-state index contributed by atoms with van der Waals surface area (Å²) in [6, 6.07) is 15.1. The molecule has 0 radical (unpaired) electrons. The molecule has 2 aromatic carbocycles. The molecule has 0 fully saturated rings. The van der Waals surface area contributed by atoms with Crippen molar-refractivity contribution in [2.24, 2.45) is 0 Å². The van der Waals surface area contributed by atoms with Gasteiger partial charge in [0.2, 0.25) is 5.91 Å². The van der Waals surface area contributed by atoms with Crippen molar-refractivity contribution >= 4 is 23.4 Å². The van der Waals surface area contributed by atoms with E-state index in [2.05, 4.69) is 15.6 Å². The summed E-state index contributed by atoms with van der Waals surface area (Å²) in [6.45, 7) is 2.27. The van der Waals surface area contributed by atoms with Gasteiger partial charge in [0.05, 0.1) is 17.7 Å². The number of hydrogen-bond acceptors (Lipinski definition) is 5. The maximum atomic E-state index is 12.4. The van der Waals surface area contributed by atoms with Gasteiger partial charge < -0.3 is 20.1 Å². The minimum atomic E-state index is -0.733. The van der Waals surface area contributed by atoms with E-state index in [1.54, 1.807) is 62.8 Å². The summed E-state index contributed by atoms with van der Waals surface area (Å²) >= 11 is 6.04. The highest BCUT2D eigenvalue weighted by atomic mass is 35.5. The summed E-state index contributed by atoms with van der Waals surface area (Å²) in [7, 11) is 1.56. The largest absolute Gasteiger partial charge is 0.493 e. The molecule has 0 spiro atoms. The van der Waals surface area contributed by atoms with Crippen LogP contribution in [0, 0.1) is 0 Å². The van der Waals surface area contributed by atoms with Gasteiger partial charge in [-0.15, -0.1) is 0 Å². The van der Waals surface area contributed by atoms with Gasteiger partial charge in [0.1, 0.15) is 12.6 Å². The zero-order valence-electron chi connectivity index (χ0n) is 17.8. The quantitative estimate of drug-likeness (QED) is 0.515. The number of rotatable bonds is 9. The van der Waals surface area contributed by atoms with Crippen LogP contribution in [0.2, 0.25) is 5.02 Å². The van der Waals surface area contributed by atoms with Crippen molar-refractivity contribution < 1.29 is 19.1 Å². The van der Waals surface area contributed by atoms with E-state index < -0.39 is 11.9 Å². The Bertz CT molecular complexity index is 1080. The molecule has 0 aliphatic heterocycles. The normalized spacial score (nSPS) is 11.3. The molecule has 0 saturated heterocycles. The van der Waals surface area contributed by atoms with Crippen LogP contribution in [0.1, 0.15) is 28.4 Å². The zero-order valence-corrected chi connectivity index (χ0v) is 18.6. The van der Waals surface area contributed by atoms with Crippen LogP contribution in [0.3, 0.4) is 0 Å². The Balaban J connectivity index is 1.54. The molecule has 0 saturated carbocycles. The molecule has 166 valence electrons. The maximum absolute atomic E-state index is 12.4. The van der Waals surface area contributed by atoms with Gasteiger partial charge in [0.25, 0.3) is 5.91 Å². The fraction of sp³-hybridized carbons (Fsp3) is 0.208. The number of benzene rings is 2. The molecule has 2 N–H and O–H groups in total. The van der Waals surface area contributed by atoms with E-state index in [4.69, 9.17) is 21.1 Å². The number of nitrogens with one attached hydrogen (secondary N) is 2. The van der Waals surface area contributed by atoms with Crippen molar-refractivity contribution in [3.63, 3.8) is 0 Å². The predicted molar refractivity (Wildman–Crippen MR) is 122 cm³/mol. The molecule has 7 nitrogen and oxygen atoms in total. The molecule has 32 heavy (non-hydrogen) atoms. The van der Waals surface area contributed by atoms with Crippen LogP contribution in [-0.2, 0) is 17.9 Å². The summed E-state index contributed by atoms with van der Waals surface area (Å²) < 4.78 is 11.3. The summed E-state index contributed by atoms with van der Waals surface area (Å²) in [4.78, 5) is 28.7. The molecule has 0 aliphatic carbocycles. The summed E-state index contributed by atoms with van der Waals surface area (Å²) in [5, 5.41) is 5.79. The van der Waals surface area contributed by atoms with E-state index in [-0.39, 0.29) is 12.5 Å². The second-order valence-corrected chi connectivity index (χ2v) is 7.43. The number of carbonyl (C=O) groups excluding carboxylic acids is 2. The maximum Gasteiger partial charge on any atom is 0.253 e. The molecular formula is C24H24ClN3O4. The number of aromatic nitrogens is 1. The first-order valence-electron chi connectivity index (χ1n) is 9.99. The van der Waals surface area contributed by atoms with Crippen molar-refractivity contribution in [3.8, 4) is 11.5 Å². The second kappa shape index (κ2) is 11.2. The number of pyridine rings is 1. The van der Waals surface area contributed by atoms with Gasteiger partial charge in [0, 0.05) is 18.9 Å². The van der Waals surface area contributed by atoms with Crippen molar-refractivity contribution in [2.45, 2.75) is 26.1 Å². The number of methoxy groups -OCH3 is 1. The number of carbonyl (C=O) groups is 2. The van der Waals surface area contributed by atoms with Gasteiger partial charge in [-0.05, 0) is 54.4 Å². The van der Waals surface area contributed by atoms with E-state index in [1.807, 2.05) is 18.2 Å². The second-order valence-electron chi connectivity index (χ2n) is 7.02. The average Bonchev–Trinajstić information content (AvgIpc) is 2.82. The fourth-order valence-electron chi connectivity index (χ4n) is 2.91. The van der Waals surface area contributed by atoms with Crippen LogP contribution in [0.25, 0.3) is 0 Å². The summed E-state index contributed by atoms with van der Waals surface area (Å²) in [5.41, 5.74) is 2.14. The Morgan fingerprint density at radius 1 is 1.03 bits per heavy atom. The smallest absolute Gasteiger partial charge is 0.253 e. The summed E-state index contributed by atoms with van der Waals surface area (Å²) in [6.07, 6.45) is 3.42. The van der Waals surface area contributed by atoms with Gasteiger partial charge >= 0.3 is 0 Å².